The van der Waals surface area contributed by atoms with E-state index < -0.39 is 13.9 Å². The molecule has 0 fully saturated rings. The van der Waals surface area contributed by atoms with Crippen LogP contribution in [0.25, 0.3) is 0 Å². The number of rotatable bonds is 7. The quantitative estimate of drug-likeness (QED) is 0.275. The summed E-state index contributed by atoms with van der Waals surface area (Å²) in [7, 11) is -1.61. The van der Waals surface area contributed by atoms with E-state index in [1.54, 1.807) is 6.08 Å². The van der Waals surface area contributed by atoms with Crippen LogP contribution in [0.3, 0.4) is 0 Å². The predicted octanol–water partition coefficient (Wildman–Crippen LogP) is 3.98. The topological polar surface area (TPSA) is 9.23 Å². The first-order valence-electron chi connectivity index (χ1n) is 5.70. The van der Waals surface area contributed by atoms with Crippen LogP contribution in [0.4, 0.5) is 0 Å². The van der Waals surface area contributed by atoms with Gasteiger partial charge in [0.15, 0.2) is 8.32 Å². The maximum atomic E-state index is 6.06. The Bertz CT molecular complexity index is 234. The number of terminal acetylenes is 1. The fourth-order valence-corrected chi connectivity index (χ4v) is 2.88. The van der Waals surface area contributed by atoms with E-state index in [1.807, 2.05) is 0 Å². The minimum Gasteiger partial charge on any atom is -0.398 e. The van der Waals surface area contributed by atoms with Gasteiger partial charge in [0.05, 0.1) is 0 Å². The van der Waals surface area contributed by atoms with Crippen LogP contribution in [0.5, 0.6) is 0 Å². The Balaban J connectivity index is 4.46. The molecule has 0 radical (unpaired) electrons. The van der Waals surface area contributed by atoms with Crippen molar-refractivity contribution in [2.24, 2.45) is 0 Å². The van der Waals surface area contributed by atoms with Crippen molar-refractivity contribution in [3.63, 3.8) is 0 Å². The summed E-state index contributed by atoms with van der Waals surface area (Å²) in [5, 5.41) is 0. The highest BCUT2D eigenvalue weighted by atomic mass is 28.4. The van der Waals surface area contributed by atoms with Crippen molar-refractivity contribution in [3.05, 3.63) is 12.7 Å². The fraction of sp³-hybridized carbons (Fsp3) is 0.692. The Morgan fingerprint density at radius 3 is 2.33 bits per heavy atom. The molecule has 0 aliphatic heterocycles. The van der Waals surface area contributed by atoms with E-state index in [0.29, 0.717) is 0 Å². The molecule has 15 heavy (non-hydrogen) atoms. The molecule has 0 aromatic heterocycles. The van der Waals surface area contributed by atoms with E-state index in [-0.39, 0.29) is 0 Å². The Hall–Kier alpha value is -0.523. The molecule has 0 heterocycles. The second-order valence-corrected chi connectivity index (χ2v) is 9.34. The zero-order valence-electron chi connectivity index (χ0n) is 10.6. The van der Waals surface area contributed by atoms with Gasteiger partial charge in [-0.3, -0.25) is 0 Å². The molecule has 0 aromatic rings. The smallest absolute Gasteiger partial charge is 0.186 e. The van der Waals surface area contributed by atoms with Gasteiger partial charge >= 0.3 is 0 Å². The normalized spacial score (nSPS) is 15.4. The molecule has 0 bridgehead atoms. The summed E-state index contributed by atoms with van der Waals surface area (Å²) in [6, 6.07) is 0. The van der Waals surface area contributed by atoms with Gasteiger partial charge in [0.2, 0.25) is 0 Å². The van der Waals surface area contributed by atoms with Gasteiger partial charge in [-0.05, 0) is 38.6 Å². The van der Waals surface area contributed by atoms with Gasteiger partial charge in [-0.25, -0.2) is 0 Å². The van der Waals surface area contributed by atoms with E-state index in [2.05, 4.69) is 39.1 Å². The zero-order valence-corrected chi connectivity index (χ0v) is 11.6. The summed E-state index contributed by atoms with van der Waals surface area (Å²) in [5.74, 6) is 2.78. The summed E-state index contributed by atoms with van der Waals surface area (Å²) in [6.07, 6.45) is 11.8. The highest BCUT2D eigenvalue weighted by molar-refractivity contribution is 6.69. The average Bonchev–Trinajstić information content (AvgIpc) is 2.15. The third-order valence-electron chi connectivity index (χ3n) is 2.21. The van der Waals surface area contributed by atoms with Crippen molar-refractivity contribution in [1.29, 1.82) is 0 Å². The molecule has 1 nitrogen and oxygen atoms in total. The van der Waals surface area contributed by atoms with Gasteiger partial charge in [0.25, 0.3) is 0 Å². The molecular formula is C13H24OSi. The summed E-state index contributed by atoms with van der Waals surface area (Å²) >= 11 is 0. The molecule has 1 unspecified atom stereocenters. The van der Waals surface area contributed by atoms with Crippen LogP contribution in [0.1, 0.15) is 32.6 Å². The van der Waals surface area contributed by atoms with E-state index >= 15 is 0 Å². The Kier molecular flexibility index (Phi) is 5.93. The van der Waals surface area contributed by atoms with Crippen molar-refractivity contribution in [3.8, 4) is 12.3 Å². The van der Waals surface area contributed by atoms with Gasteiger partial charge in [0, 0.05) is 0 Å². The minimum atomic E-state index is -1.61. The summed E-state index contributed by atoms with van der Waals surface area (Å²) in [4.78, 5) is 0. The van der Waals surface area contributed by atoms with Crippen LogP contribution >= 0.6 is 0 Å². The van der Waals surface area contributed by atoms with Gasteiger partial charge in [-0.1, -0.05) is 32.3 Å². The molecule has 0 aromatic carbocycles. The lowest BCUT2D eigenvalue weighted by Crippen LogP contribution is -2.40. The van der Waals surface area contributed by atoms with Crippen LogP contribution in [-0.4, -0.2) is 13.9 Å². The Morgan fingerprint density at radius 2 is 2.00 bits per heavy atom. The van der Waals surface area contributed by atoms with Gasteiger partial charge in [0.1, 0.15) is 5.60 Å². The van der Waals surface area contributed by atoms with Crippen LogP contribution in [0.2, 0.25) is 19.6 Å². The lowest BCUT2D eigenvalue weighted by Gasteiger charge is -2.32. The van der Waals surface area contributed by atoms with E-state index in [1.165, 1.54) is 12.8 Å². The maximum Gasteiger partial charge on any atom is 0.186 e. The van der Waals surface area contributed by atoms with E-state index in [9.17, 15) is 0 Å². The molecule has 0 aliphatic rings. The minimum absolute atomic E-state index is 0.528. The highest BCUT2D eigenvalue weighted by Crippen LogP contribution is 2.25. The Labute approximate surface area is 96.0 Å². The molecular weight excluding hydrogens is 200 g/mol. The standard InChI is InChI=1S/C13H24OSi/c1-7-10-11-12-13(8-2,9-3)14-15(4,5)6/h2,9H,3,7,10-12H2,1,4-6H3. The highest BCUT2D eigenvalue weighted by Gasteiger charge is 2.30. The number of unbranched alkanes of at least 4 members (excludes halogenated alkanes) is 2. The van der Waals surface area contributed by atoms with Gasteiger partial charge < -0.3 is 4.43 Å². The third-order valence-corrected chi connectivity index (χ3v) is 3.19. The van der Waals surface area contributed by atoms with Crippen LogP contribution in [0, 0.1) is 12.3 Å². The fourth-order valence-electron chi connectivity index (χ4n) is 1.54. The van der Waals surface area contributed by atoms with Crippen molar-refractivity contribution in [2.45, 2.75) is 57.8 Å². The van der Waals surface area contributed by atoms with Crippen LogP contribution in [-0.2, 0) is 4.43 Å². The molecule has 0 aliphatic carbocycles. The Morgan fingerprint density at radius 1 is 1.40 bits per heavy atom. The summed E-state index contributed by atoms with van der Waals surface area (Å²) < 4.78 is 6.06. The van der Waals surface area contributed by atoms with Crippen molar-refractivity contribution in [1.82, 2.24) is 0 Å². The molecule has 1 atom stereocenters. The van der Waals surface area contributed by atoms with E-state index in [4.69, 9.17) is 10.8 Å². The van der Waals surface area contributed by atoms with Crippen LogP contribution < -0.4 is 0 Å². The molecule has 0 saturated carbocycles. The van der Waals surface area contributed by atoms with Crippen molar-refractivity contribution < 1.29 is 4.43 Å². The van der Waals surface area contributed by atoms with Crippen molar-refractivity contribution >= 4 is 8.32 Å². The molecule has 0 rings (SSSR count). The predicted molar refractivity (Wildman–Crippen MR) is 70.3 cm³/mol. The molecule has 2 heteroatoms. The maximum absolute atomic E-state index is 6.06. The number of hydrogen-bond donors (Lipinski definition) is 0. The SMILES string of the molecule is C#CC(C=C)(CCCCC)O[Si](C)(C)C. The zero-order chi connectivity index (χ0) is 11.9. The monoisotopic (exact) mass is 224 g/mol. The van der Waals surface area contributed by atoms with Crippen LogP contribution in [0.15, 0.2) is 12.7 Å². The molecule has 0 saturated heterocycles. The first-order valence-corrected chi connectivity index (χ1v) is 9.11. The van der Waals surface area contributed by atoms with Crippen molar-refractivity contribution in [2.75, 3.05) is 0 Å². The third kappa shape index (κ3) is 5.81. The second kappa shape index (κ2) is 6.15. The first kappa shape index (κ1) is 14.5. The molecule has 0 N–H and O–H groups in total. The average molecular weight is 224 g/mol. The second-order valence-electron chi connectivity index (χ2n) is 4.91. The summed E-state index contributed by atoms with van der Waals surface area (Å²) in [5.41, 5.74) is -0.528. The molecule has 0 spiro atoms. The first-order chi connectivity index (χ1) is 6.89. The molecule has 0 amide bonds. The van der Waals surface area contributed by atoms with E-state index in [0.717, 1.165) is 12.8 Å². The lowest BCUT2D eigenvalue weighted by atomic mass is 9.97. The lowest BCUT2D eigenvalue weighted by molar-refractivity contribution is 0.159. The number of hydrogen-bond acceptors (Lipinski definition) is 1. The molecule has 86 valence electrons. The van der Waals surface area contributed by atoms with Gasteiger partial charge in [-0.2, -0.15) is 0 Å². The van der Waals surface area contributed by atoms with Gasteiger partial charge in [-0.15, -0.1) is 6.42 Å². The largest absolute Gasteiger partial charge is 0.398 e. The summed E-state index contributed by atoms with van der Waals surface area (Å²) in [6.45, 7) is 12.5.